The summed E-state index contributed by atoms with van der Waals surface area (Å²) in [6.45, 7) is 0. The number of rotatable bonds is 1. The molecule has 7 nitrogen and oxygen atoms in total. The number of nitriles is 1. The Balaban J connectivity index is 2.40. The monoisotopic (exact) mass is 240 g/mol. The molecule has 0 fully saturated rings. The van der Waals surface area contributed by atoms with Gasteiger partial charge in [0.25, 0.3) is 5.56 Å². The van der Waals surface area contributed by atoms with E-state index < -0.39 is 0 Å². The quantitative estimate of drug-likeness (QED) is 0.662. The summed E-state index contributed by atoms with van der Waals surface area (Å²) in [6.07, 6.45) is 4.84. The van der Waals surface area contributed by atoms with Crippen LogP contribution in [0.25, 0.3) is 16.9 Å². The van der Waals surface area contributed by atoms with Crippen molar-refractivity contribution in [2.24, 2.45) is 7.05 Å². The highest BCUT2D eigenvalue weighted by Crippen LogP contribution is 2.18. The number of nitrogens with one attached hydrogen (secondary N) is 1. The third-order valence-electron chi connectivity index (χ3n) is 2.63. The maximum atomic E-state index is 11.6. The fraction of sp³-hybridized carbons (Fsp3) is 0.0909. The number of aromatic nitrogens is 5. The van der Waals surface area contributed by atoms with Crippen LogP contribution in [0.15, 0.2) is 29.5 Å². The minimum Gasteiger partial charge on any atom is -0.306 e. The molecule has 0 aromatic carbocycles. The van der Waals surface area contributed by atoms with Crippen LogP contribution in [0.2, 0.25) is 0 Å². The van der Waals surface area contributed by atoms with Gasteiger partial charge in [-0.15, -0.1) is 0 Å². The highest BCUT2D eigenvalue weighted by atomic mass is 16.1. The third kappa shape index (κ3) is 1.40. The topological polar surface area (TPSA) is 91.8 Å². The number of aromatic amines is 1. The number of nitrogens with zero attached hydrogens (tertiary/aromatic N) is 5. The molecule has 0 spiro atoms. The fourth-order valence-electron chi connectivity index (χ4n) is 1.83. The normalized spacial score (nSPS) is 10.7. The van der Waals surface area contributed by atoms with Crippen molar-refractivity contribution in [3.8, 4) is 17.3 Å². The molecule has 88 valence electrons. The standard InChI is InChI=1S/C11H8N6O/c1-16-6-8(5-13-16)9-2-10(18)15-11-7(3-12)4-14-17(9)11/h2,4-6H,1H3,(H,15,18). The van der Waals surface area contributed by atoms with Crippen LogP contribution in [-0.4, -0.2) is 24.4 Å². The van der Waals surface area contributed by atoms with Gasteiger partial charge in [0.2, 0.25) is 0 Å². The molecular weight excluding hydrogens is 232 g/mol. The van der Waals surface area contributed by atoms with E-state index >= 15 is 0 Å². The molecule has 3 aromatic heterocycles. The van der Waals surface area contributed by atoms with E-state index in [9.17, 15) is 4.79 Å². The molecule has 0 aliphatic carbocycles. The molecular formula is C11H8N6O. The van der Waals surface area contributed by atoms with E-state index in [4.69, 9.17) is 5.26 Å². The van der Waals surface area contributed by atoms with Gasteiger partial charge in [-0.1, -0.05) is 0 Å². The fourth-order valence-corrected chi connectivity index (χ4v) is 1.83. The summed E-state index contributed by atoms with van der Waals surface area (Å²) in [5.74, 6) is 0. The molecule has 18 heavy (non-hydrogen) atoms. The van der Waals surface area contributed by atoms with E-state index in [1.807, 2.05) is 6.07 Å². The summed E-state index contributed by atoms with van der Waals surface area (Å²) in [6, 6.07) is 3.42. The van der Waals surface area contributed by atoms with E-state index in [0.717, 1.165) is 5.56 Å². The van der Waals surface area contributed by atoms with Crippen LogP contribution in [0.3, 0.4) is 0 Å². The molecule has 0 bridgehead atoms. The Morgan fingerprint density at radius 3 is 2.89 bits per heavy atom. The van der Waals surface area contributed by atoms with Gasteiger partial charge in [-0.05, 0) is 0 Å². The maximum absolute atomic E-state index is 11.6. The number of hydrogen-bond acceptors (Lipinski definition) is 4. The average Bonchev–Trinajstić information content (AvgIpc) is 2.94. The van der Waals surface area contributed by atoms with E-state index in [-0.39, 0.29) is 5.56 Å². The summed E-state index contributed by atoms with van der Waals surface area (Å²) in [5.41, 5.74) is 1.81. The molecule has 7 heteroatoms. The Bertz CT molecular complexity index is 831. The van der Waals surface area contributed by atoms with Crippen LogP contribution in [0.4, 0.5) is 0 Å². The zero-order valence-corrected chi connectivity index (χ0v) is 9.45. The van der Waals surface area contributed by atoms with Gasteiger partial charge in [0, 0.05) is 24.9 Å². The van der Waals surface area contributed by atoms with Crippen LogP contribution in [0, 0.1) is 11.3 Å². The van der Waals surface area contributed by atoms with Crippen LogP contribution in [0.1, 0.15) is 5.56 Å². The molecule has 0 radical (unpaired) electrons. The summed E-state index contributed by atoms with van der Waals surface area (Å²) < 4.78 is 3.16. The molecule has 0 unspecified atom stereocenters. The zero-order valence-electron chi connectivity index (χ0n) is 9.45. The van der Waals surface area contributed by atoms with Gasteiger partial charge in [-0.3, -0.25) is 9.48 Å². The van der Waals surface area contributed by atoms with Gasteiger partial charge < -0.3 is 4.98 Å². The van der Waals surface area contributed by atoms with Crippen molar-refractivity contribution >= 4 is 5.65 Å². The van der Waals surface area contributed by atoms with Crippen molar-refractivity contribution in [2.75, 3.05) is 0 Å². The van der Waals surface area contributed by atoms with Crippen LogP contribution in [0.5, 0.6) is 0 Å². The minimum atomic E-state index is -0.279. The molecule has 0 amide bonds. The largest absolute Gasteiger partial charge is 0.306 e. The molecule has 0 aliphatic heterocycles. The Labute approximate surface area is 101 Å². The predicted molar refractivity (Wildman–Crippen MR) is 62.7 cm³/mol. The number of aryl methyl sites for hydroxylation is 1. The molecule has 0 saturated heterocycles. The van der Waals surface area contributed by atoms with E-state index in [0.29, 0.717) is 16.9 Å². The second-order valence-corrected chi connectivity index (χ2v) is 3.85. The number of fused-ring (bicyclic) bond motifs is 1. The van der Waals surface area contributed by atoms with E-state index in [1.54, 1.807) is 24.1 Å². The van der Waals surface area contributed by atoms with Crippen molar-refractivity contribution in [3.05, 3.63) is 40.6 Å². The molecule has 1 N–H and O–H groups in total. The van der Waals surface area contributed by atoms with Gasteiger partial charge in [-0.25, -0.2) is 4.52 Å². The lowest BCUT2D eigenvalue weighted by molar-refractivity contribution is 0.768. The van der Waals surface area contributed by atoms with Crippen LogP contribution >= 0.6 is 0 Å². The third-order valence-corrected chi connectivity index (χ3v) is 2.63. The molecule has 0 saturated carbocycles. The van der Waals surface area contributed by atoms with E-state index in [1.165, 1.54) is 16.8 Å². The van der Waals surface area contributed by atoms with Gasteiger partial charge >= 0.3 is 0 Å². The van der Waals surface area contributed by atoms with E-state index in [2.05, 4.69) is 15.2 Å². The van der Waals surface area contributed by atoms with Crippen molar-refractivity contribution in [3.63, 3.8) is 0 Å². The first-order chi connectivity index (χ1) is 8.69. The lowest BCUT2D eigenvalue weighted by Crippen LogP contribution is -2.09. The Morgan fingerprint density at radius 1 is 1.39 bits per heavy atom. The highest BCUT2D eigenvalue weighted by Gasteiger charge is 2.11. The average molecular weight is 240 g/mol. The Hall–Kier alpha value is -2.88. The highest BCUT2D eigenvalue weighted by molar-refractivity contribution is 5.64. The van der Waals surface area contributed by atoms with Gasteiger partial charge in [0.05, 0.1) is 18.1 Å². The second-order valence-electron chi connectivity index (χ2n) is 3.85. The SMILES string of the molecule is Cn1cc(-c2cc(=O)[nH]c3c(C#N)cnn23)cn1. The minimum absolute atomic E-state index is 0.279. The number of hydrogen-bond donors (Lipinski definition) is 1. The molecule has 0 atom stereocenters. The molecule has 3 heterocycles. The predicted octanol–water partition coefficient (Wildman–Crippen LogP) is 0.295. The second kappa shape index (κ2) is 3.56. The lowest BCUT2D eigenvalue weighted by atomic mass is 10.2. The van der Waals surface area contributed by atoms with Gasteiger partial charge in [-0.2, -0.15) is 15.5 Å². The smallest absolute Gasteiger partial charge is 0.251 e. The molecule has 3 rings (SSSR count). The first-order valence-corrected chi connectivity index (χ1v) is 5.19. The summed E-state index contributed by atoms with van der Waals surface area (Å²) >= 11 is 0. The lowest BCUT2D eigenvalue weighted by Gasteiger charge is -2.01. The van der Waals surface area contributed by atoms with Crippen molar-refractivity contribution in [2.45, 2.75) is 0 Å². The first-order valence-electron chi connectivity index (χ1n) is 5.19. The van der Waals surface area contributed by atoms with Crippen molar-refractivity contribution in [1.29, 1.82) is 5.26 Å². The summed E-state index contributed by atoms with van der Waals surface area (Å²) in [7, 11) is 1.79. The van der Waals surface area contributed by atoms with Crippen LogP contribution < -0.4 is 5.56 Å². The molecule has 3 aromatic rings. The van der Waals surface area contributed by atoms with Crippen molar-refractivity contribution in [1.82, 2.24) is 24.4 Å². The van der Waals surface area contributed by atoms with Gasteiger partial charge in [0.15, 0.2) is 5.65 Å². The zero-order chi connectivity index (χ0) is 12.7. The van der Waals surface area contributed by atoms with Crippen molar-refractivity contribution < 1.29 is 0 Å². The molecule has 0 aliphatic rings. The first kappa shape index (κ1) is 10.3. The Kier molecular flexibility index (Phi) is 2.04. The summed E-state index contributed by atoms with van der Waals surface area (Å²) in [4.78, 5) is 14.2. The van der Waals surface area contributed by atoms with Crippen LogP contribution in [-0.2, 0) is 7.05 Å². The maximum Gasteiger partial charge on any atom is 0.251 e. The summed E-state index contributed by atoms with van der Waals surface area (Å²) in [5, 5.41) is 17.1. The Morgan fingerprint density at radius 2 is 2.22 bits per heavy atom. The van der Waals surface area contributed by atoms with Gasteiger partial charge in [0.1, 0.15) is 11.6 Å². The number of H-pyrrole nitrogens is 1.